The van der Waals surface area contributed by atoms with Crippen LogP contribution < -0.4 is 5.32 Å². The monoisotopic (exact) mass is 307 g/mol. The summed E-state index contributed by atoms with van der Waals surface area (Å²) < 4.78 is 4.86. The van der Waals surface area contributed by atoms with E-state index in [-0.39, 0.29) is 12.0 Å². The van der Waals surface area contributed by atoms with Crippen molar-refractivity contribution in [3.8, 4) is 23.5 Å². The molecule has 0 aliphatic rings. The molecule has 0 spiro atoms. The first-order valence-corrected chi connectivity index (χ1v) is 7.71. The van der Waals surface area contributed by atoms with Crippen molar-refractivity contribution in [1.82, 2.24) is 5.32 Å². The van der Waals surface area contributed by atoms with Crippen molar-refractivity contribution in [2.45, 2.75) is 19.8 Å². The fourth-order valence-corrected chi connectivity index (χ4v) is 2.30. The van der Waals surface area contributed by atoms with E-state index in [1.54, 1.807) is 6.92 Å². The summed E-state index contributed by atoms with van der Waals surface area (Å²) in [6.45, 7) is 4.79. The second-order valence-electron chi connectivity index (χ2n) is 5.35. The summed E-state index contributed by atoms with van der Waals surface area (Å²) >= 11 is 0. The minimum Gasteiger partial charge on any atom is -0.450 e. The molecule has 0 radical (unpaired) electrons. The summed E-state index contributed by atoms with van der Waals surface area (Å²) in [4.78, 5) is 11.3. The molecule has 1 N–H and O–H groups in total. The van der Waals surface area contributed by atoms with Gasteiger partial charge in [0, 0.05) is 12.1 Å². The van der Waals surface area contributed by atoms with E-state index >= 15 is 0 Å². The summed E-state index contributed by atoms with van der Waals surface area (Å²) in [5.74, 6) is 2.84. The predicted octanol–water partition coefficient (Wildman–Crippen LogP) is 4.18. The number of hydrogen-bond donors (Lipinski definition) is 1. The van der Waals surface area contributed by atoms with Crippen molar-refractivity contribution in [1.29, 1.82) is 0 Å². The Morgan fingerprint density at radius 2 is 1.70 bits per heavy atom. The Morgan fingerprint density at radius 1 is 1.13 bits per heavy atom. The SMILES string of the molecule is C#Cc1ccc(-c2ccc(C(C)CNC(=O)OCC)cc2)cc1. The molecule has 2 aromatic carbocycles. The molecule has 3 heteroatoms. The van der Waals surface area contributed by atoms with E-state index in [0.29, 0.717) is 13.2 Å². The molecule has 3 nitrogen and oxygen atoms in total. The lowest BCUT2D eigenvalue weighted by Gasteiger charge is -2.13. The molecule has 0 bridgehead atoms. The normalized spacial score (nSPS) is 11.3. The van der Waals surface area contributed by atoms with Crippen molar-refractivity contribution in [2.75, 3.05) is 13.2 Å². The lowest BCUT2D eigenvalue weighted by Crippen LogP contribution is -2.28. The van der Waals surface area contributed by atoms with E-state index < -0.39 is 0 Å². The van der Waals surface area contributed by atoms with Gasteiger partial charge in [-0.25, -0.2) is 4.79 Å². The Morgan fingerprint density at radius 3 is 2.22 bits per heavy atom. The van der Waals surface area contributed by atoms with Crippen molar-refractivity contribution in [3.05, 3.63) is 59.7 Å². The smallest absolute Gasteiger partial charge is 0.407 e. The molecule has 0 aliphatic heterocycles. The molecule has 2 aromatic rings. The molecule has 1 amide bonds. The van der Waals surface area contributed by atoms with Gasteiger partial charge in [-0.15, -0.1) is 6.42 Å². The lowest BCUT2D eigenvalue weighted by molar-refractivity contribution is 0.151. The van der Waals surface area contributed by atoms with Gasteiger partial charge in [0.05, 0.1) is 6.61 Å². The highest BCUT2D eigenvalue weighted by Crippen LogP contribution is 2.23. The average molecular weight is 307 g/mol. The quantitative estimate of drug-likeness (QED) is 0.841. The van der Waals surface area contributed by atoms with Crippen molar-refractivity contribution in [2.24, 2.45) is 0 Å². The van der Waals surface area contributed by atoms with Gasteiger partial charge < -0.3 is 10.1 Å². The summed E-state index contributed by atoms with van der Waals surface area (Å²) in [6, 6.07) is 16.3. The Kier molecular flexibility index (Phi) is 5.82. The van der Waals surface area contributed by atoms with Crippen LogP contribution in [0, 0.1) is 12.3 Å². The van der Waals surface area contributed by atoms with Crippen LogP contribution in [0.1, 0.15) is 30.9 Å². The van der Waals surface area contributed by atoms with Crippen LogP contribution in [0.25, 0.3) is 11.1 Å². The third-order valence-electron chi connectivity index (χ3n) is 3.69. The molecule has 0 fully saturated rings. The van der Waals surface area contributed by atoms with E-state index in [1.807, 2.05) is 24.3 Å². The third-order valence-corrected chi connectivity index (χ3v) is 3.69. The Bertz CT molecular complexity index is 681. The average Bonchev–Trinajstić information content (AvgIpc) is 2.60. The van der Waals surface area contributed by atoms with Gasteiger partial charge in [0.1, 0.15) is 0 Å². The molecule has 1 atom stereocenters. The van der Waals surface area contributed by atoms with Gasteiger partial charge in [0.25, 0.3) is 0 Å². The fraction of sp³-hybridized carbons (Fsp3) is 0.250. The van der Waals surface area contributed by atoms with Crippen LogP contribution in [0.3, 0.4) is 0 Å². The minimum atomic E-state index is -0.371. The first kappa shape index (κ1) is 16.6. The fourth-order valence-electron chi connectivity index (χ4n) is 2.30. The molecule has 23 heavy (non-hydrogen) atoms. The van der Waals surface area contributed by atoms with Crippen molar-refractivity contribution >= 4 is 6.09 Å². The topological polar surface area (TPSA) is 38.3 Å². The maximum Gasteiger partial charge on any atom is 0.407 e. The number of terminal acetylenes is 1. The summed E-state index contributed by atoms with van der Waals surface area (Å²) in [5.41, 5.74) is 4.32. The highest BCUT2D eigenvalue weighted by atomic mass is 16.5. The molecular formula is C20H21NO2. The van der Waals surface area contributed by atoms with Gasteiger partial charge in [-0.1, -0.05) is 49.2 Å². The Balaban J connectivity index is 2.00. The summed E-state index contributed by atoms with van der Waals surface area (Å²) in [5, 5.41) is 2.76. The lowest BCUT2D eigenvalue weighted by atomic mass is 9.97. The van der Waals surface area contributed by atoms with Crippen LogP contribution in [0.5, 0.6) is 0 Å². The van der Waals surface area contributed by atoms with E-state index in [9.17, 15) is 4.79 Å². The number of nitrogens with one attached hydrogen (secondary N) is 1. The second kappa shape index (κ2) is 8.05. The van der Waals surface area contributed by atoms with Gasteiger partial charge in [0.15, 0.2) is 0 Å². The number of alkyl carbamates (subject to hydrolysis) is 1. The molecule has 118 valence electrons. The molecule has 2 rings (SSSR count). The first-order chi connectivity index (χ1) is 11.1. The zero-order valence-corrected chi connectivity index (χ0v) is 13.5. The predicted molar refractivity (Wildman–Crippen MR) is 93.3 cm³/mol. The van der Waals surface area contributed by atoms with Crippen LogP contribution in [0.15, 0.2) is 48.5 Å². The Hall–Kier alpha value is -2.73. The number of carbonyl (C=O) groups excluding carboxylic acids is 1. The second-order valence-corrected chi connectivity index (χ2v) is 5.35. The molecular weight excluding hydrogens is 286 g/mol. The number of hydrogen-bond acceptors (Lipinski definition) is 2. The molecule has 0 aliphatic carbocycles. The molecule has 0 aromatic heterocycles. The van der Waals surface area contributed by atoms with Crippen LogP contribution in [-0.4, -0.2) is 19.2 Å². The number of ether oxygens (including phenoxy) is 1. The van der Waals surface area contributed by atoms with Crippen molar-refractivity contribution in [3.63, 3.8) is 0 Å². The standard InChI is InChI=1S/C20H21NO2/c1-4-16-6-8-18(9-7-16)19-12-10-17(11-13-19)15(3)14-21-20(22)23-5-2/h1,6-13,15H,5,14H2,2-3H3,(H,21,22). The maximum atomic E-state index is 11.3. The summed E-state index contributed by atoms with van der Waals surface area (Å²) in [7, 11) is 0. The molecule has 0 saturated heterocycles. The zero-order chi connectivity index (χ0) is 16.7. The van der Waals surface area contributed by atoms with Crippen LogP contribution in [0.4, 0.5) is 4.79 Å². The highest BCUT2D eigenvalue weighted by Gasteiger charge is 2.08. The van der Waals surface area contributed by atoms with Gasteiger partial charge in [-0.3, -0.25) is 0 Å². The van der Waals surface area contributed by atoms with Crippen molar-refractivity contribution < 1.29 is 9.53 Å². The van der Waals surface area contributed by atoms with Gasteiger partial charge in [0.2, 0.25) is 0 Å². The third kappa shape index (κ3) is 4.62. The molecule has 0 heterocycles. The van der Waals surface area contributed by atoms with Gasteiger partial charge in [-0.05, 0) is 41.7 Å². The van der Waals surface area contributed by atoms with E-state index in [4.69, 9.17) is 11.2 Å². The number of rotatable bonds is 5. The molecule has 1 unspecified atom stereocenters. The van der Waals surface area contributed by atoms with E-state index in [2.05, 4.69) is 42.4 Å². The first-order valence-electron chi connectivity index (χ1n) is 7.71. The minimum absolute atomic E-state index is 0.220. The largest absolute Gasteiger partial charge is 0.450 e. The van der Waals surface area contributed by atoms with Gasteiger partial charge >= 0.3 is 6.09 Å². The van der Waals surface area contributed by atoms with Crippen LogP contribution in [-0.2, 0) is 4.74 Å². The van der Waals surface area contributed by atoms with Crippen LogP contribution in [0.2, 0.25) is 0 Å². The zero-order valence-electron chi connectivity index (χ0n) is 13.5. The molecule has 0 saturated carbocycles. The maximum absolute atomic E-state index is 11.3. The van der Waals surface area contributed by atoms with Gasteiger partial charge in [-0.2, -0.15) is 0 Å². The number of amides is 1. The van der Waals surface area contributed by atoms with E-state index in [1.165, 1.54) is 5.56 Å². The highest BCUT2D eigenvalue weighted by molar-refractivity contribution is 5.67. The summed E-state index contributed by atoms with van der Waals surface area (Å²) in [6.07, 6.45) is 5.00. The van der Waals surface area contributed by atoms with Crippen LogP contribution >= 0.6 is 0 Å². The Labute approximate surface area is 137 Å². The number of carbonyl (C=O) groups is 1. The van der Waals surface area contributed by atoms with E-state index in [0.717, 1.165) is 16.7 Å². The number of benzene rings is 2.